The summed E-state index contributed by atoms with van der Waals surface area (Å²) in [4.78, 5) is 19.4. The van der Waals surface area contributed by atoms with E-state index in [1.807, 2.05) is 0 Å². The molecular formula is C16H19ClN4O3S. The number of aromatic nitrogens is 2. The second-order valence-corrected chi connectivity index (χ2v) is 8.26. The first-order chi connectivity index (χ1) is 12.0. The van der Waals surface area contributed by atoms with Crippen LogP contribution in [0.15, 0.2) is 41.6 Å². The van der Waals surface area contributed by atoms with Gasteiger partial charge in [-0.05, 0) is 37.1 Å². The van der Waals surface area contributed by atoms with E-state index >= 15 is 0 Å². The van der Waals surface area contributed by atoms with Crippen molar-refractivity contribution in [1.29, 1.82) is 0 Å². The monoisotopic (exact) mass is 382 g/mol. The molecule has 2 aromatic rings. The average molecular weight is 383 g/mol. The number of imidazole rings is 1. The zero-order valence-corrected chi connectivity index (χ0v) is 15.1. The Morgan fingerprint density at radius 3 is 2.56 bits per heavy atom. The molecule has 1 amide bonds. The lowest BCUT2D eigenvalue weighted by Crippen LogP contribution is -2.42. The lowest BCUT2D eigenvalue weighted by atomic mass is 9.97. The molecule has 1 saturated heterocycles. The van der Waals surface area contributed by atoms with Crippen molar-refractivity contribution in [2.45, 2.75) is 24.3 Å². The van der Waals surface area contributed by atoms with Crippen LogP contribution >= 0.6 is 11.6 Å². The molecule has 1 fully saturated rings. The van der Waals surface area contributed by atoms with Gasteiger partial charge in [0.25, 0.3) is 0 Å². The first kappa shape index (κ1) is 17.9. The third kappa shape index (κ3) is 4.20. The Balaban J connectivity index is 1.55. The lowest BCUT2D eigenvalue weighted by molar-refractivity contribution is -0.126. The number of hydrogen-bond acceptors (Lipinski definition) is 4. The summed E-state index contributed by atoms with van der Waals surface area (Å²) in [6, 6.07) is 6.12. The minimum absolute atomic E-state index is 0.0695. The van der Waals surface area contributed by atoms with Crippen LogP contribution < -0.4 is 5.32 Å². The number of piperidine rings is 1. The fraction of sp³-hybridized carbons (Fsp3) is 0.375. The molecule has 3 rings (SSSR count). The number of halogens is 1. The van der Waals surface area contributed by atoms with Gasteiger partial charge >= 0.3 is 0 Å². The molecule has 0 atom stereocenters. The average Bonchev–Trinajstić information content (AvgIpc) is 3.14. The van der Waals surface area contributed by atoms with Crippen LogP contribution in [0, 0.1) is 5.92 Å². The van der Waals surface area contributed by atoms with E-state index in [0.717, 1.165) is 0 Å². The number of aromatic amines is 1. The second kappa shape index (κ2) is 7.55. The molecule has 134 valence electrons. The number of carbonyl (C=O) groups is 1. The van der Waals surface area contributed by atoms with E-state index in [0.29, 0.717) is 43.3 Å². The molecular weight excluding hydrogens is 364 g/mol. The SMILES string of the molecule is O=C(NCc1ncc[nH]1)C1CCN(S(=O)(=O)c2ccc(Cl)cc2)CC1. The van der Waals surface area contributed by atoms with Crippen LogP contribution in [0.2, 0.25) is 5.02 Å². The Morgan fingerprint density at radius 1 is 1.28 bits per heavy atom. The molecule has 1 aromatic heterocycles. The summed E-state index contributed by atoms with van der Waals surface area (Å²) >= 11 is 5.81. The van der Waals surface area contributed by atoms with Gasteiger partial charge in [-0.15, -0.1) is 0 Å². The van der Waals surface area contributed by atoms with E-state index in [1.165, 1.54) is 16.4 Å². The van der Waals surface area contributed by atoms with Gasteiger partial charge in [0.05, 0.1) is 11.4 Å². The van der Waals surface area contributed by atoms with E-state index in [9.17, 15) is 13.2 Å². The largest absolute Gasteiger partial charge is 0.349 e. The zero-order chi connectivity index (χ0) is 17.9. The summed E-state index contributed by atoms with van der Waals surface area (Å²) in [5, 5.41) is 3.32. The summed E-state index contributed by atoms with van der Waals surface area (Å²) in [6.07, 6.45) is 4.32. The van der Waals surface area contributed by atoms with Gasteiger partial charge in [-0.25, -0.2) is 13.4 Å². The Bertz CT molecular complexity index is 814. The van der Waals surface area contributed by atoms with Crippen molar-refractivity contribution in [2.75, 3.05) is 13.1 Å². The van der Waals surface area contributed by atoms with Gasteiger partial charge in [0.15, 0.2) is 0 Å². The van der Waals surface area contributed by atoms with Crippen LogP contribution in [0.3, 0.4) is 0 Å². The van der Waals surface area contributed by atoms with Crippen molar-refractivity contribution in [1.82, 2.24) is 19.6 Å². The highest BCUT2D eigenvalue weighted by Crippen LogP contribution is 2.24. The Hall–Kier alpha value is -1.90. The fourth-order valence-electron chi connectivity index (χ4n) is 2.82. The normalized spacial score (nSPS) is 16.7. The number of amides is 1. The number of rotatable bonds is 5. The number of carbonyl (C=O) groups excluding carboxylic acids is 1. The maximum absolute atomic E-state index is 12.6. The predicted octanol–water partition coefficient (Wildman–Crippen LogP) is 1.78. The van der Waals surface area contributed by atoms with Gasteiger partial charge in [-0.1, -0.05) is 11.6 Å². The first-order valence-corrected chi connectivity index (χ1v) is 9.80. The molecule has 0 bridgehead atoms. The number of hydrogen-bond donors (Lipinski definition) is 2. The van der Waals surface area contributed by atoms with E-state index in [-0.39, 0.29) is 16.7 Å². The van der Waals surface area contributed by atoms with E-state index in [1.54, 1.807) is 24.5 Å². The summed E-state index contributed by atoms with van der Waals surface area (Å²) in [7, 11) is -3.55. The number of sulfonamides is 1. The molecule has 0 unspecified atom stereocenters. The van der Waals surface area contributed by atoms with E-state index in [4.69, 9.17) is 11.6 Å². The van der Waals surface area contributed by atoms with Gasteiger partial charge in [0, 0.05) is 36.4 Å². The molecule has 1 aliphatic rings. The molecule has 2 heterocycles. The van der Waals surface area contributed by atoms with Gasteiger partial charge in [0.1, 0.15) is 5.82 Å². The summed E-state index contributed by atoms with van der Waals surface area (Å²) in [6.45, 7) is 0.989. The molecule has 25 heavy (non-hydrogen) atoms. The Kier molecular flexibility index (Phi) is 5.41. The summed E-state index contributed by atoms with van der Waals surface area (Å²) in [5.74, 6) is 0.433. The van der Waals surface area contributed by atoms with Crippen molar-refractivity contribution in [3.63, 3.8) is 0 Å². The van der Waals surface area contributed by atoms with E-state index in [2.05, 4.69) is 15.3 Å². The molecule has 0 spiro atoms. The third-order valence-electron chi connectivity index (χ3n) is 4.26. The topological polar surface area (TPSA) is 95.2 Å². The molecule has 9 heteroatoms. The van der Waals surface area contributed by atoms with Crippen LogP contribution in [0.4, 0.5) is 0 Å². The van der Waals surface area contributed by atoms with Crippen molar-refractivity contribution in [3.05, 3.63) is 47.5 Å². The molecule has 7 nitrogen and oxygen atoms in total. The first-order valence-electron chi connectivity index (χ1n) is 7.98. The molecule has 1 aliphatic heterocycles. The maximum atomic E-state index is 12.6. The minimum Gasteiger partial charge on any atom is -0.349 e. The highest BCUT2D eigenvalue weighted by Gasteiger charge is 2.32. The van der Waals surface area contributed by atoms with Crippen LogP contribution in [0.5, 0.6) is 0 Å². The van der Waals surface area contributed by atoms with Crippen molar-refractivity contribution < 1.29 is 13.2 Å². The van der Waals surface area contributed by atoms with Gasteiger partial charge < -0.3 is 10.3 Å². The minimum atomic E-state index is -3.55. The Labute approximate surface area is 151 Å². The van der Waals surface area contributed by atoms with Crippen molar-refractivity contribution in [2.24, 2.45) is 5.92 Å². The number of H-pyrrole nitrogens is 1. The molecule has 2 N–H and O–H groups in total. The quantitative estimate of drug-likeness (QED) is 0.823. The Morgan fingerprint density at radius 2 is 1.96 bits per heavy atom. The smallest absolute Gasteiger partial charge is 0.243 e. The summed E-state index contributed by atoms with van der Waals surface area (Å²) in [5.41, 5.74) is 0. The highest BCUT2D eigenvalue weighted by molar-refractivity contribution is 7.89. The van der Waals surface area contributed by atoms with Crippen molar-refractivity contribution >= 4 is 27.5 Å². The maximum Gasteiger partial charge on any atom is 0.243 e. The van der Waals surface area contributed by atoms with Crippen LogP contribution in [0.1, 0.15) is 18.7 Å². The summed E-state index contributed by atoms with van der Waals surface area (Å²) < 4.78 is 26.7. The molecule has 0 radical (unpaired) electrons. The molecule has 0 aliphatic carbocycles. The van der Waals surface area contributed by atoms with Gasteiger partial charge in [0.2, 0.25) is 15.9 Å². The second-order valence-electron chi connectivity index (χ2n) is 5.89. The van der Waals surface area contributed by atoms with E-state index < -0.39 is 10.0 Å². The third-order valence-corrected chi connectivity index (χ3v) is 6.43. The number of benzene rings is 1. The molecule has 0 saturated carbocycles. The zero-order valence-electron chi connectivity index (χ0n) is 13.5. The highest BCUT2D eigenvalue weighted by atomic mass is 35.5. The lowest BCUT2D eigenvalue weighted by Gasteiger charge is -2.30. The standard InChI is InChI=1S/C16H19ClN4O3S/c17-13-1-3-14(4-2-13)25(23,24)21-9-5-12(6-10-21)16(22)20-11-15-18-7-8-19-15/h1-4,7-8,12H,5-6,9-11H2,(H,18,19)(H,20,22). The number of nitrogens with zero attached hydrogens (tertiary/aromatic N) is 2. The van der Waals surface area contributed by atoms with Crippen LogP contribution in [-0.2, 0) is 21.4 Å². The van der Waals surface area contributed by atoms with Crippen molar-refractivity contribution in [3.8, 4) is 0 Å². The number of nitrogens with one attached hydrogen (secondary N) is 2. The van der Waals surface area contributed by atoms with Gasteiger partial charge in [-0.3, -0.25) is 4.79 Å². The van der Waals surface area contributed by atoms with Gasteiger partial charge in [-0.2, -0.15) is 4.31 Å². The molecule has 1 aromatic carbocycles. The van der Waals surface area contributed by atoms with Crippen LogP contribution in [0.25, 0.3) is 0 Å². The van der Waals surface area contributed by atoms with Crippen LogP contribution in [-0.4, -0.2) is 41.7 Å². The fourth-order valence-corrected chi connectivity index (χ4v) is 4.42. The predicted molar refractivity (Wildman–Crippen MR) is 93.4 cm³/mol.